The molecule has 30 heavy (non-hydrogen) atoms. The Labute approximate surface area is 185 Å². The standard InChI is InChI=1S/C20H34O8S2/c21-20(17-9-5-2-6-10-17)24-26-27-29-18-11-13-19(14-12-18)30(22)28-25-23-15-16-7-3-1-4-8-16/h16-19H,1-15H2. The number of carbonyl (C=O) groups excluding carboxylic acids is 1. The van der Waals surface area contributed by atoms with E-state index in [1.165, 1.54) is 25.7 Å². The van der Waals surface area contributed by atoms with Gasteiger partial charge in [-0.05, 0) is 57.3 Å². The summed E-state index contributed by atoms with van der Waals surface area (Å²) in [5.41, 5.74) is 0. The fourth-order valence-electron chi connectivity index (χ4n) is 4.43. The van der Waals surface area contributed by atoms with Crippen LogP contribution in [-0.2, 0) is 44.4 Å². The maximum Gasteiger partial charge on any atom is 0.348 e. The Morgan fingerprint density at radius 2 is 1.50 bits per heavy atom. The summed E-state index contributed by atoms with van der Waals surface area (Å²) in [4.78, 5) is 21.7. The number of rotatable bonds is 11. The van der Waals surface area contributed by atoms with Crippen LogP contribution in [0.3, 0.4) is 0 Å². The molecule has 0 N–H and O–H groups in total. The molecule has 174 valence electrons. The van der Waals surface area contributed by atoms with Crippen LogP contribution in [0.5, 0.6) is 0 Å². The van der Waals surface area contributed by atoms with Crippen molar-refractivity contribution in [1.29, 1.82) is 0 Å². The van der Waals surface area contributed by atoms with E-state index in [2.05, 4.69) is 5.04 Å². The van der Waals surface area contributed by atoms with E-state index in [9.17, 15) is 9.00 Å². The van der Waals surface area contributed by atoms with Crippen LogP contribution in [0.4, 0.5) is 0 Å². The molecular weight excluding hydrogens is 432 g/mol. The number of hydrogen-bond acceptors (Lipinski definition) is 9. The highest BCUT2D eigenvalue weighted by Crippen LogP contribution is 2.32. The van der Waals surface area contributed by atoms with E-state index < -0.39 is 11.1 Å². The van der Waals surface area contributed by atoms with Gasteiger partial charge in [-0.1, -0.05) is 43.6 Å². The monoisotopic (exact) mass is 466 g/mol. The zero-order chi connectivity index (χ0) is 21.0. The van der Waals surface area contributed by atoms with E-state index in [1.54, 1.807) is 0 Å². The van der Waals surface area contributed by atoms with Crippen LogP contribution < -0.4 is 0 Å². The molecule has 1 atom stereocenters. The van der Waals surface area contributed by atoms with Crippen molar-refractivity contribution >= 4 is 29.1 Å². The van der Waals surface area contributed by atoms with E-state index in [0.29, 0.717) is 12.5 Å². The van der Waals surface area contributed by atoms with E-state index in [-0.39, 0.29) is 22.4 Å². The molecule has 0 aliphatic heterocycles. The molecule has 3 aliphatic carbocycles. The molecule has 0 amide bonds. The maximum atomic E-state index is 12.2. The lowest BCUT2D eigenvalue weighted by atomic mass is 9.89. The van der Waals surface area contributed by atoms with Crippen molar-refractivity contribution in [3.05, 3.63) is 0 Å². The normalized spacial score (nSPS) is 27.6. The van der Waals surface area contributed by atoms with E-state index >= 15 is 0 Å². The predicted molar refractivity (Wildman–Crippen MR) is 111 cm³/mol. The van der Waals surface area contributed by atoms with Crippen LogP contribution in [0.15, 0.2) is 0 Å². The Morgan fingerprint density at radius 3 is 2.20 bits per heavy atom. The Hall–Kier alpha value is -0.230. The topological polar surface area (TPSA) is 89.5 Å². The third kappa shape index (κ3) is 8.72. The van der Waals surface area contributed by atoms with Crippen molar-refractivity contribution in [2.45, 2.75) is 100 Å². The number of carbonyl (C=O) groups is 1. The second-order valence-electron chi connectivity index (χ2n) is 8.55. The van der Waals surface area contributed by atoms with Crippen molar-refractivity contribution in [3.63, 3.8) is 0 Å². The lowest BCUT2D eigenvalue weighted by Crippen LogP contribution is -2.26. The van der Waals surface area contributed by atoms with Gasteiger partial charge < -0.3 is 0 Å². The lowest BCUT2D eigenvalue weighted by molar-refractivity contribution is -0.466. The first-order chi connectivity index (χ1) is 14.7. The van der Waals surface area contributed by atoms with Crippen LogP contribution in [-0.4, -0.2) is 27.3 Å². The van der Waals surface area contributed by atoms with E-state index in [1.807, 2.05) is 0 Å². The van der Waals surface area contributed by atoms with Gasteiger partial charge in [0.25, 0.3) is 0 Å². The van der Waals surface area contributed by atoms with Gasteiger partial charge >= 0.3 is 5.97 Å². The molecule has 3 fully saturated rings. The van der Waals surface area contributed by atoms with Crippen molar-refractivity contribution in [3.8, 4) is 0 Å². The summed E-state index contributed by atoms with van der Waals surface area (Å²) in [6, 6.07) is 0. The molecule has 0 heterocycles. The minimum absolute atomic E-state index is 0.0772. The fraction of sp³-hybridized carbons (Fsp3) is 0.950. The molecule has 1 unspecified atom stereocenters. The molecule has 0 radical (unpaired) electrons. The summed E-state index contributed by atoms with van der Waals surface area (Å²) in [6.45, 7) is 0.489. The quantitative estimate of drug-likeness (QED) is 0.179. The van der Waals surface area contributed by atoms with Gasteiger partial charge in [0.05, 0.1) is 17.8 Å². The molecule has 0 aromatic rings. The second kappa shape index (κ2) is 14.0. The minimum Gasteiger partial charge on any atom is -0.268 e. The smallest absolute Gasteiger partial charge is 0.268 e. The summed E-state index contributed by atoms with van der Waals surface area (Å²) in [5.74, 6) is 0.0799. The van der Waals surface area contributed by atoms with Crippen molar-refractivity contribution in [1.82, 2.24) is 0 Å². The molecule has 8 nitrogen and oxygen atoms in total. The maximum absolute atomic E-state index is 12.2. The van der Waals surface area contributed by atoms with Crippen LogP contribution >= 0.6 is 12.0 Å². The van der Waals surface area contributed by atoms with Gasteiger partial charge in [-0.3, -0.25) is 4.89 Å². The highest BCUT2D eigenvalue weighted by molar-refractivity contribution is 7.95. The van der Waals surface area contributed by atoms with Gasteiger partial charge in [0.15, 0.2) is 11.1 Å². The van der Waals surface area contributed by atoms with Gasteiger partial charge in [-0.15, -0.1) is 8.67 Å². The summed E-state index contributed by atoms with van der Waals surface area (Å²) < 4.78 is 22.1. The Kier molecular flexibility index (Phi) is 11.4. The third-order valence-corrected chi connectivity index (χ3v) is 8.41. The highest BCUT2D eigenvalue weighted by atomic mass is 32.2. The van der Waals surface area contributed by atoms with Gasteiger partial charge in [0, 0.05) is 22.3 Å². The molecule has 3 rings (SSSR count). The highest BCUT2D eigenvalue weighted by Gasteiger charge is 2.29. The first-order valence-electron chi connectivity index (χ1n) is 11.3. The van der Waals surface area contributed by atoms with Gasteiger partial charge in [-0.2, -0.15) is 0 Å². The van der Waals surface area contributed by atoms with Crippen molar-refractivity contribution < 1.29 is 37.5 Å². The average Bonchev–Trinajstić information content (AvgIpc) is 2.81. The first-order valence-corrected chi connectivity index (χ1v) is 13.2. The zero-order valence-corrected chi connectivity index (χ0v) is 19.1. The number of hydrogen-bond donors (Lipinski definition) is 0. The predicted octanol–water partition coefficient (Wildman–Crippen LogP) is 5.06. The molecule has 3 saturated carbocycles. The summed E-state index contributed by atoms with van der Waals surface area (Å²) in [6.07, 6.45) is 14.1. The molecule has 3 aliphatic rings. The van der Waals surface area contributed by atoms with Gasteiger partial charge in [0.2, 0.25) is 0 Å². The largest absolute Gasteiger partial charge is 0.348 e. The van der Waals surface area contributed by atoms with Crippen molar-refractivity contribution in [2.75, 3.05) is 6.61 Å². The zero-order valence-electron chi connectivity index (χ0n) is 17.5. The van der Waals surface area contributed by atoms with Gasteiger partial charge in [-0.25, -0.2) is 13.9 Å². The minimum atomic E-state index is -1.54. The molecule has 10 heteroatoms. The summed E-state index contributed by atoms with van der Waals surface area (Å²) in [5, 5.41) is 9.46. The summed E-state index contributed by atoms with van der Waals surface area (Å²) in [7, 11) is 0. The molecule has 0 spiro atoms. The van der Waals surface area contributed by atoms with Crippen LogP contribution in [0.2, 0.25) is 0 Å². The van der Waals surface area contributed by atoms with E-state index in [0.717, 1.165) is 76.3 Å². The van der Waals surface area contributed by atoms with Crippen LogP contribution in [0, 0.1) is 11.8 Å². The molecule has 0 bridgehead atoms. The summed E-state index contributed by atoms with van der Waals surface area (Å²) >= 11 is -0.400. The van der Waals surface area contributed by atoms with Crippen LogP contribution in [0.25, 0.3) is 0 Å². The van der Waals surface area contributed by atoms with Crippen LogP contribution in [0.1, 0.15) is 89.9 Å². The fourth-order valence-corrected chi connectivity index (χ4v) is 5.92. The first kappa shape index (κ1) is 24.4. The second-order valence-corrected chi connectivity index (χ2v) is 10.9. The molecular formula is C20H34O8S2. The average molecular weight is 467 g/mol. The molecule has 0 aromatic heterocycles. The molecule has 0 aromatic carbocycles. The van der Waals surface area contributed by atoms with E-state index in [4.69, 9.17) is 23.5 Å². The lowest BCUT2D eigenvalue weighted by Gasteiger charge is -2.25. The Balaban J connectivity index is 1.18. The third-order valence-electron chi connectivity index (χ3n) is 6.32. The Morgan fingerprint density at radius 1 is 0.833 bits per heavy atom. The Bertz CT molecular complexity index is 515. The van der Waals surface area contributed by atoms with Gasteiger partial charge in [0.1, 0.15) is 0 Å². The van der Waals surface area contributed by atoms with Crippen molar-refractivity contribution in [2.24, 2.45) is 11.8 Å². The SMILES string of the molecule is O=C(OOOSC1CCC(S(=O)OOOCC2CCCCC2)CC1)C1CCCCC1. The molecule has 0 saturated heterocycles.